The molecule has 0 radical (unpaired) electrons. The molecule has 1 aliphatic heterocycles. The molecule has 3 rings (SSSR count). The lowest BCUT2D eigenvalue weighted by molar-refractivity contribution is 0.102. The maximum absolute atomic E-state index is 11.9. The summed E-state index contributed by atoms with van der Waals surface area (Å²) in [4.78, 5) is 17.1. The van der Waals surface area contributed by atoms with Gasteiger partial charge in [-0.3, -0.25) is 10.1 Å². The summed E-state index contributed by atoms with van der Waals surface area (Å²) in [5.41, 5.74) is 1.27. The van der Waals surface area contributed by atoms with E-state index in [1.54, 1.807) is 6.07 Å². The van der Waals surface area contributed by atoms with Gasteiger partial charge in [0.25, 0.3) is 5.91 Å². The van der Waals surface area contributed by atoms with Crippen LogP contribution >= 0.6 is 11.3 Å². The third kappa shape index (κ3) is 2.99. The lowest BCUT2D eigenvalue weighted by atomic mass is 10.2. The molecule has 0 spiro atoms. The largest absolute Gasteiger partial charge is 0.472 e. The molecule has 0 aromatic carbocycles. The van der Waals surface area contributed by atoms with Crippen molar-refractivity contribution in [1.29, 1.82) is 0 Å². The van der Waals surface area contributed by atoms with Gasteiger partial charge in [0, 0.05) is 24.4 Å². The fourth-order valence-electron chi connectivity index (χ4n) is 2.07. The number of carbonyl (C=O) groups excluding carboxylic acids is 1. The Kier molecular flexibility index (Phi) is 3.56. The number of sulfonamides is 1. The third-order valence-corrected chi connectivity index (χ3v) is 5.42. The average molecular weight is 327 g/mol. The van der Waals surface area contributed by atoms with Crippen LogP contribution in [0.4, 0.5) is 5.13 Å². The minimum Gasteiger partial charge on any atom is -0.472 e. The Hall–Kier alpha value is -1.71. The molecule has 1 amide bonds. The second-order valence-electron chi connectivity index (χ2n) is 4.70. The summed E-state index contributed by atoms with van der Waals surface area (Å²) in [5, 5.41) is 3.17. The fourth-order valence-corrected chi connectivity index (χ4v) is 3.96. The quantitative estimate of drug-likeness (QED) is 0.917. The summed E-state index contributed by atoms with van der Waals surface area (Å²) in [6.45, 7) is 0.734. The van der Waals surface area contributed by atoms with E-state index < -0.39 is 10.0 Å². The zero-order valence-electron chi connectivity index (χ0n) is 11.2. The number of hydrogen-bond donors (Lipinski definition) is 1. The number of fused-ring (bicyclic) bond motifs is 1. The molecule has 0 bridgehead atoms. The maximum Gasteiger partial charge on any atom is 0.260 e. The Morgan fingerprint density at radius 1 is 1.52 bits per heavy atom. The second kappa shape index (κ2) is 5.24. The van der Waals surface area contributed by atoms with Crippen molar-refractivity contribution < 1.29 is 17.6 Å². The van der Waals surface area contributed by atoms with Gasteiger partial charge in [-0.15, -0.1) is 11.3 Å². The molecule has 1 N–H and O–H groups in total. The first-order valence-electron chi connectivity index (χ1n) is 6.21. The molecule has 112 valence electrons. The summed E-state index contributed by atoms with van der Waals surface area (Å²) in [6, 6.07) is 1.56. The van der Waals surface area contributed by atoms with Crippen LogP contribution < -0.4 is 5.32 Å². The Morgan fingerprint density at radius 3 is 3.00 bits per heavy atom. The highest BCUT2D eigenvalue weighted by molar-refractivity contribution is 7.88. The molecule has 9 heteroatoms. The van der Waals surface area contributed by atoms with Crippen molar-refractivity contribution in [2.75, 3.05) is 18.1 Å². The van der Waals surface area contributed by atoms with Crippen molar-refractivity contribution >= 4 is 32.4 Å². The highest BCUT2D eigenvalue weighted by atomic mass is 32.2. The summed E-state index contributed by atoms with van der Waals surface area (Å²) >= 11 is 1.30. The number of anilines is 1. The van der Waals surface area contributed by atoms with Crippen LogP contribution in [0.25, 0.3) is 0 Å². The van der Waals surface area contributed by atoms with Crippen LogP contribution in [0, 0.1) is 0 Å². The second-order valence-corrected chi connectivity index (χ2v) is 7.77. The molecule has 0 aliphatic carbocycles. The average Bonchev–Trinajstić information content (AvgIpc) is 3.05. The van der Waals surface area contributed by atoms with E-state index >= 15 is 0 Å². The van der Waals surface area contributed by atoms with Gasteiger partial charge < -0.3 is 4.42 Å². The molecule has 0 saturated carbocycles. The van der Waals surface area contributed by atoms with Crippen molar-refractivity contribution in [3.05, 3.63) is 34.7 Å². The van der Waals surface area contributed by atoms with Crippen LogP contribution in [0.15, 0.2) is 23.0 Å². The van der Waals surface area contributed by atoms with E-state index in [1.165, 1.54) is 34.4 Å². The molecule has 0 atom stereocenters. The summed E-state index contributed by atoms with van der Waals surface area (Å²) in [5.74, 6) is -0.296. The summed E-state index contributed by atoms with van der Waals surface area (Å²) < 4.78 is 29.4. The molecular weight excluding hydrogens is 314 g/mol. The van der Waals surface area contributed by atoms with Gasteiger partial charge in [-0.2, -0.15) is 4.31 Å². The van der Waals surface area contributed by atoms with E-state index in [-0.39, 0.29) is 5.91 Å². The number of aromatic nitrogens is 1. The van der Waals surface area contributed by atoms with Gasteiger partial charge >= 0.3 is 0 Å². The Bertz CT molecular complexity index is 765. The first-order valence-corrected chi connectivity index (χ1v) is 8.87. The number of amides is 1. The predicted octanol–water partition coefficient (Wildman–Crippen LogP) is 1.31. The minimum atomic E-state index is -3.21. The molecule has 0 saturated heterocycles. The Labute approximate surface area is 125 Å². The molecule has 0 unspecified atom stereocenters. The van der Waals surface area contributed by atoms with E-state index in [4.69, 9.17) is 4.42 Å². The van der Waals surface area contributed by atoms with E-state index in [9.17, 15) is 13.2 Å². The SMILES string of the molecule is CS(=O)(=O)N1CCc2nc(NC(=O)c3ccoc3)sc2C1. The van der Waals surface area contributed by atoms with Crippen LogP contribution in [-0.2, 0) is 23.0 Å². The number of hydrogen-bond acceptors (Lipinski definition) is 6. The van der Waals surface area contributed by atoms with E-state index in [2.05, 4.69) is 10.3 Å². The van der Waals surface area contributed by atoms with Gasteiger partial charge in [0.05, 0.1) is 23.8 Å². The van der Waals surface area contributed by atoms with Gasteiger partial charge in [0.2, 0.25) is 10.0 Å². The van der Waals surface area contributed by atoms with Crippen LogP contribution in [0.3, 0.4) is 0 Å². The highest BCUT2D eigenvalue weighted by Gasteiger charge is 2.26. The summed E-state index contributed by atoms with van der Waals surface area (Å²) in [7, 11) is -3.21. The highest BCUT2D eigenvalue weighted by Crippen LogP contribution is 2.29. The van der Waals surface area contributed by atoms with Gasteiger partial charge in [-0.05, 0) is 6.07 Å². The van der Waals surface area contributed by atoms with Crippen molar-refractivity contribution in [3.63, 3.8) is 0 Å². The summed E-state index contributed by atoms with van der Waals surface area (Å²) in [6.07, 6.45) is 4.53. The topological polar surface area (TPSA) is 92.5 Å². The number of furan rings is 1. The smallest absolute Gasteiger partial charge is 0.260 e. The number of rotatable bonds is 3. The molecular formula is C12H13N3O4S2. The fraction of sp³-hybridized carbons (Fsp3) is 0.333. The third-order valence-electron chi connectivity index (χ3n) is 3.17. The number of nitrogens with zero attached hydrogens (tertiary/aromatic N) is 2. The predicted molar refractivity (Wildman–Crippen MR) is 77.7 cm³/mol. The Morgan fingerprint density at radius 2 is 2.33 bits per heavy atom. The maximum atomic E-state index is 11.9. The molecule has 2 aromatic heterocycles. The van der Waals surface area contributed by atoms with Crippen molar-refractivity contribution in [2.45, 2.75) is 13.0 Å². The van der Waals surface area contributed by atoms with Gasteiger partial charge in [0.1, 0.15) is 6.26 Å². The van der Waals surface area contributed by atoms with Crippen molar-refractivity contribution in [1.82, 2.24) is 9.29 Å². The van der Waals surface area contributed by atoms with Crippen molar-refractivity contribution in [2.24, 2.45) is 0 Å². The number of carbonyl (C=O) groups is 1. The lowest BCUT2D eigenvalue weighted by Gasteiger charge is -2.23. The molecule has 1 aliphatic rings. The van der Waals surface area contributed by atoms with Crippen LogP contribution in [-0.4, -0.2) is 36.4 Å². The molecule has 0 fully saturated rings. The number of thiazole rings is 1. The van der Waals surface area contributed by atoms with Crippen LogP contribution in [0.2, 0.25) is 0 Å². The van der Waals surface area contributed by atoms with E-state index in [0.717, 1.165) is 10.6 Å². The Balaban J connectivity index is 1.76. The van der Waals surface area contributed by atoms with Gasteiger partial charge in [-0.25, -0.2) is 13.4 Å². The van der Waals surface area contributed by atoms with Crippen LogP contribution in [0.5, 0.6) is 0 Å². The molecule has 7 nitrogen and oxygen atoms in total. The van der Waals surface area contributed by atoms with Gasteiger partial charge in [-0.1, -0.05) is 0 Å². The molecule has 2 aromatic rings. The van der Waals surface area contributed by atoms with Crippen molar-refractivity contribution in [3.8, 4) is 0 Å². The van der Waals surface area contributed by atoms with E-state index in [0.29, 0.717) is 30.2 Å². The van der Waals surface area contributed by atoms with Crippen LogP contribution in [0.1, 0.15) is 20.9 Å². The standard InChI is InChI=1S/C12H13N3O4S2/c1-21(17,18)15-4-2-9-10(6-15)20-12(13-9)14-11(16)8-3-5-19-7-8/h3,5,7H,2,4,6H2,1H3,(H,13,14,16). The monoisotopic (exact) mass is 327 g/mol. The number of nitrogens with one attached hydrogen (secondary N) is 1. The zero-order chi connectivity index (χ0) is 15.0. The first kappa shape index (κ1) is 14.2. The zero-order valence-corrected chi connectivity index (χ0v) is 12.8. The first-order chi connectivity index (χ1) is 9.93. The molecule has 3 heterocycles. The normalized spacial score (nSPS) is 15.7. The van der Waals surface area contributed by atoms with Gasteiger partial charge in [0.15, 0.2) is 5.13 Å². The lowest BCUT2D eigenvalue weighted by Crippen LogP contribution is -2.34. The minimum absolute atomic E-state index is 0.296. The molecule has 21 heavy (non-hydrogen) atoms. The van der Waals surface area contributed by atoms with E-state index in [1.807, 2.05) is 0 Å².